The van der Waals surface area contributed by atoms with Gasteiger partial charge in [0.2, 0.25) is 0 Å². The first kappa shape index (κ1) is 18.5. The molecule has 4 nitrogen and oxygen atoms in total. The second kappa shape index (κ2) is 6.35. The predicted octanol–water partition coefficient (Wildman–Crippen LogP) is 3.92. The number of hydrogen-bond donors (Lipinski definition) is 0. The summed E-state index contributed by atoms with van der Waals surface area (Å²) in [6.07, 6.45) is 0.859. The third kappa shape index (κ3) is 2.88. The Hall–Kier alpha value is -1.85. The van der Waals surface area contributed by atoms with Gasteiger partial charge in [0.05, 0.1) is 16.6 Å². The zero-order chi connectivity index (χ0) is 19.5. The Kier molecular flexibility index (Phi) is 4.35. The molecular formula is C22H28N2O2S. The average molecular weight is 385 g/mol. The van der Waals surface area contributed by atoms with Crippen LogP contribution >= 0.6 is 0 Å². The summed E-state index contributed by atoms with van der Waals surface area (Å²) in [6.45, 7) is 9.73. The Morgan fingerprint density at radius 2 is 1.63 bits per heavy atom. The number of sulfonamides is 1. The lowest BCUT2D eigenvalue weighted by molar-refractivity contribution is 0.237. The minimum Gasteiger partial charge on any atom is -0.306 e. The van der Waals surface area contributed by atoms with E-state index in [9.17, 15) is 8.42 Å². The van der Waals surface area contributed by atoms with Crippen LogP contribution in [-0.4, -0.2) is 39.5 Å². The molecule has 0 spiro atoms. The van der Waals surface area contributed by atoms with Crippen LogP contribution in [0.3, 0.4) is 0 Å². The first-order valence-corrected chi connectivity index (χ1v) is 11.1. The molecule has 0 bridgehead atoms. The quantitative estimate of drug-likeness (QED) is 0.788. The molecule has 2 atom stereocenters. The summed E-state index contributed by atoms with van der Waals surface area (Å²) >= 11 is 0. The molecule has 2 aromatic rings. The first-order valence-electron chi connectivity index (χ1n) is 9.61. The maximum atomic E-state index is 13.9. The summed E-state index contributed by atoms with van der Waals surface area (Å²) in [4.78, 5) is 2.78. The van der Waals surface area contributed by atoms with E-state index < -0.39 is 10.0 Å². The van der Waals surface area contributed by atoms with Gasteiger partial charge in [-0.2, -0.15) is 0 Å². The Morgan fingerprint density at radius 3 is 2.30 bits per heavy atom. The molecule has 0 aliphatic carbocycles. The van der Waals surface area contributed by atoms with Crippen molar-refractivity contribution < 1.29 is 8.42 Å². The van der Waals surface area contributed by atoms with Gasteiger partial charge in [-0.25, -0.2) is 8.42 Å². The molecule has 0 N–H and O–H groups in total. The van der Waals surface area contributed by atoms with Gasteiger partial charge in [-0.3, -0.25) is 4.31 Å². The van der Waals surface area contributed by atoms with E-state index >= 15 is 0 Å². The Balaban J connectivity index is 1.91. The molecule has 0 unspecified atom stereocenters. The van der Waals surface area contributed by atoms with Crippen molar-refractivity contribution in [2.45, 2.75) is 51.0 Å². The second-order valence-corrected chi connectivity index (χ2v) is 10.1. The van der Waals surface area contributed by atoms with Gasteiger partial charge >= 0.3 is 0 Å². The molecule has 2 heterocycles. The highest BCUT2D eigenvalue weighted by atomic mass is 32.2. The molecular weight excluding hydrogens is 356 g/mol. The van der Waals surface area contributed by atoms with Crippen molar-refractivity contribution in [1.82, 2.24) is 4.90 Å². The van der Waals surface area contributed by atoms with Gasteiger partial charge in [-0.15, -0.1) is 0 Å². The molecule has 4 rings (SSSR count). The van der Waals surface area contributed by atoms with Crippen LogP contribution in [0.5, 0.6) is 0 Å². The Bertz CT molecular complexity index is 990. The van der Waals surface area contributed by atoms with Gasteiger partial charge in [0.15, 0.2) is 0 Å². The molecule has 0 amide bonds. The lowest BCUT2D eigenvalue weighted by atomic mass is 9.89. The molecule has 1 fully saturated rings. The molecule has 2 aliphatic heterocycles. The zero-order valence-corrected chi connectivity index (χ0v) is 17.6. The fourth-order valence-electron chi connectivity index (χ4n) is 5.02. The summed E-state index contributed by atoms with van der Waals surface area (Å²) in [5.74, 6) is 0.236. The standard InChI is InChI=1S/C22H28N2O2S/c1-14-6-7-20-18(12-14)19-13-23(5)9-8-21(19)24(20)27(25,26)22-16(3)10-15(2)11-17(22)4/h6-7,10-12,19,21H,8-9,13H2,1-5H3/t19-,21+/m1/s1. The Morgan fingerprint density at radius 1 is 0.963 bits per heavy atom. The van der Waals surface area contributed by atoms with Crippen molar-refractivity contribution in [3.63, 3.8) is 0 Å². The summed E-state index contributed by atoms with van der Waals surface area (Å²) in [7, 11) is -1.49. The third-order valence-electron chi connectivity index (χ3n) is 6.02. The van der Waals surface area contributed by atoms with E-state index in [-0.39, 0.29) is 12.0 Å². The van der Waals surface area contributed by atoms with E-state index in [0.717, 1.165) is 41.9 Å². The number of nitrogens with zero attached hydrogens (tertiary/aromatic N) is 2. The number of likely N-dealkylation sites (tertiary alicyclic amines) is 1. The maximum absolute atomic E-state index is 13.9. The van der Waals surface area contributed by atoms with E-state index in [1.165, 1.54) is 11.1 Å². The van der Waals surface area contributed by atoms with Crippen molar-refractivity contribution in [3.05, 3.63) is 58.1 Å². The number of benzene rings is 2. The van der Waals surface area contributed by atoms with Crippen LogP contribution in [0.4, 0.5) is 5.69 Å². The molecule has 0 aromatic heterocycles. The van der Waals surface area contributed by atoms with Crippen LogP contribution < -0.4 is 4.31 Å². The van der Waals surface area contributed by atoms with E-state index in [4.69, 9.17) is 0 Å². The number of fused-ring (bicyclic) bond motifs is 3. The van der Waals surface area contributed by atoms with Gasteiger partial charge in [0.1, 0.15) is 0 Å². The smallest absolute Gasteiger partial charge is 0.265 e. The second-order valence-electron chi connectivity index (χ2n) is 8.32. The van der Waals surface area contributed by atoms with Crippen molar-refractivity contribution >= 4 is 15.7 Å². The highest BCUT2D eigenvalue weighted by Crippen LogP contribution is 2.48. The lowest BCUT2D eigenvalue weighted by Gasteiger charge is -2.37. The molecule has 1 saturated heterocycles. The van der Waals surface area contributed by atoms with Crippen molar-refractivity contribution in [3.8, 4) is 0 Å². The van der Waals surface area contributed by atoms with E-state index in [1.807, 2.05) is 45.0 Å². The van der Waals surface area contributed by atoms with Crippen molar-refractivity contribution in [2.75, 3.05) is 24.4 Å². The number of rotatable bonds is 2. The maximum Gasteiger partial charge on any atom is 0.265 e. The van der Waals surface area contributed by atoms with E-state index in [2.05, 4.69) is 24.9 Å². The predicted molar refractivity (Wildman–Crippen MR) is 110 cm³/mol. The first-order chi connectivity index (χ1) is 12.7. The Labute approximate surface area is 162 Å². The lowest BCUT2D eigenvalue weighted by Crippen LogP contribution is -2.47. The third-order valence-corrected chi connectivity index (χ3v) is 8.17. The molecule has 5 heteroatoms. The van der Waals surface area contributed by atoms with Crippen LogP contribution in [0.2, 0.25) is 0 Å². The monoisotopic (exact) mass is 384 g/mol. The van der Waals surface area contributed by atoms with Crippen molar-refractivity contribution in [2.24, 2.45) is 0 Å². The average Bonchev–Trinajstić information content (AvgIpc) is 2.87. The highest BCUT2D eigenvalue weighted by Gasteiger charge is 2.47. The molecule has 144 valence electrons. The van der Waals surface area contributed by atoms with Crippen LogP contribution in [0.1, 0.15) is 40.2 Å². The van der Waals surface area contributed by atoms with E-state index in [1.54, 1.807) is 4.31 Å². The summed E-state index contributed by atoms with van der Waals surface area (Å²) < 4.78 is 29.5. The number of anilines is 1. The number of hydrogen-bond acceptors (Lipinski definition) is 3. The number of aryl methyl sites for hydroxylation is 4. The number of likely N-dealkylation sites (N-methyl/N-ethyl adjacent to an activating group) is 1. The summed E-state index contributed by atoms with van der Waals surface area (Å²) in [6, 6.07) is 10.1. The van der Waals surface area contributed by atoms with Crippen molar-refractivity contribution in [1.29, 1.82) is 0 Å². The highest BCUT2D eigenvalue weighted by molar-refractivity contribution is 7.93. The van der Waals surface area contributed by atoms with Gasteiger partial charge in [0, 0.05) is 12.5 Å². The largest absolute Gasteiger partial charge is 0.306 e. The molecule has 0 radical (unpaired) electrons. The van der Waals surface area contributed by atoms with Crippen LogP contribution in [0, 0.1) is 27.7 Å². The van der Waals surface area contributed by atoms with Gasteiger partial charge in [-0.05, 0) is 70.5 Å². The zero-order valence-electron chi connectivity index (χ0n) is 16.8. The molecule has 2 aromatic carbocycles. The number of piperidine rings is 1. The van der Waals surface area contributed by atoms with E-state index in [0.29, 0.717) is 4.90 Å². The van der Waals surface area contributed by atoms with Crippen LogP contribution in [0.25, 0.3) is 0 Å². The van der Waals surface area contributed by atoms with Gasteiger partial charge in [0.25, 0.3) is 10.0 Å². The molecule has 27 heavy (non-hydrogen) atoms. The fourth-order valence-corrected chi connectivity index (χ4v) is 7.18. The summed E-state index contributed by atoms with van der Waals surface area (Å²) in [5.41, 5.74) is 5.99. The topological polar surface area (TPSA) is 40.6 Å². The van der Waals surface area contributed by atoms with Crippen LogP contribution in [-0.2, 0) is 10.0 Å². The molecule has 0 saturated carbocycles. The van der Waals surface area contributed by atoms with Gasteiger partial charge in [-0.1, -0.05) is 35.4 Å². The fraction of sp³-hybridized carbons (Fsp3) is 0.455. The van der Waals surface area contributed by atoms with Gasteiger partial charge < -0.3 is 4.90 Å². The van der Waals surface area contributed by atoms with Crippen LogP contribution in [0.15, 0.2) is 35.2 Å². The normalized spacial score (nSPS) is 22.6. The summed E-state index contributed by atoms with van der Waals surface area (Å²) in [5, 5.41) is 0. The minimum atomic E-state index is -3.62. The SMILES string of the molecule is Cc1cc(C)c(S(=O)(=O)N2c3ccc(C)cc3[C@H]3CN(C)CC[C@@H]32)c(C)c1. The molecule has 2 aliphatic rings. The minimum absolute atomic E-state index is 0.00287.